The zero-order valence-corrected chi connectivity index (χ0v) is 9.04. The fourth-order valence-corrected chi connectivity index (χ4v) is 2.56. The lowest BCUT2D eigenvalue weighted by atomic mass is 9.66. The summed E-state index contributed by atoms with van der Waals surface area (Å²) >= 11 is 5.93. The lowest BCUT2D eigenvalue weighted by Crippen LogP contribution is -2.38. The molecule has 2 heteroatoms. The van der Waals surface area contributed by atoms with Crippen LogP contribution in [0.15, 0.2) is 24.3 Å². The summed E-state index contributed by atoms with van der Waals surface area (Å²) in [5.41, 5.74) is 1.27. The third kappa shape index (κ3) is 1.67. The lowest BCUT2D eigenvalue weighted by molar-refractivity contribution is -0.000722. The van der Waals surface area contributed by atoms with Crippen molar-refractivity contribution in [3.63, 3.8) is 0 Å². The molecule has 0 aliphatic heterocycles. The molecule has 1 fully saturated rings. The molecule has 2 rings (SSSR count). The van der Waals surface area contributed by atoms with E-state index in [0.717, 1.165) is 17.9 Å². The zero-order chi connectivity index (χ0) is 10.1. The minimum absolute atomic E-state index is 0.107. The van der Waals surface area contributed by atoms with Gasteiger partial charge < -0.3 is 5.11 Å². The molecule has 76 valence electrons. The Labute approximate surface area is 89.7 Å². The van der Waals surface area contributed by atoms with Crippen LogP contribution in [0.5, 0.6) is 0 Å². The van der Waals surface area contributed by atoms with Crippen molar-refractivity contribution in [2.24, 2.45) is 5.92 Å². The molecule has 1 aliphatic rings. The first kappa shape index (κ1) is 10.0. The van der Waals surface area contributed by atoms with Gasteiger partial charge in [0, 0.05) is 5.02 Å². The molecule has 0 spiro atoms. The number of aliphatic hydroxyl groups excluding tert-OH is 1. The molecule has 1 aliphatic carbocycles. The van der Waals surface area contributed by atoms with Crippen molar-refractivity contribution in [3.8, 4) is 0 Å². The van der Waals surface area contributed by atoms with Gasteiger partial charge in [-0.05, 0) is 36.0 Å². The lowest BCUT2D eigenvalue weighted by Gasteiger charge is -2.41. The quantitative estimate of drug-likeness (QED) is 0.795. The molecule has 1 aromatic carbocycles. The number of aliphatic hydroxyl groups is 1. The van der Waals surface area contributed by atoms with E-state index in [1.165, 1.54) is 5.56 Å². The summed E-state index contributed by atoms with van der Waals surface area (Å²) in [5.74, 6) is 0.933. The second kappa shape index (κ2) is 3.92. The van der Waals surface area contributed by atoms with E-state index in [1.54, 1.807) is 0 Å². The Morgan fingerprint density at radius 3 is 2.86 bits per heavy atom. The number of rotatable bonds is 2. The summed E-state index contributed by atoms with van der Waals surface area (Å²) in [5, 5.41) is 10.4. The van der Waals surface area contributed by atoms with Crippen molar-refractivity contribution in [1.29, 1.82) is 0 Å². The normalized spacial score (nSPS) is 31.2. The van der Waals surface area contributed by atoms with Gasteiger partial charge in [0.25, 0.3) is 0 Å². The van der Waals surface area contributed by atoms with E-state index in [-0.39, 0.29) is 6.10 Å². The third-order valence-corrected chi connectivity index (χ3v) is 3.49. The van der Waals surface area contributed by atoms with Crippen LogP contribution in [0.4, 0.5) is 0 Å². The summed E-state index contributed by atoms with van der Waals surface area (Å²) in [6.07, 6.45) is 1.82. The van der Waals surface area contributed by atoms with Crippen LogP contribution in [0, 0.1) is 5.92 Å². The third-order valence-electron chi connectivity index (χ3n) is 3.25. The Morgan fingerprint density at radius 2 is 2.29 bits per heavy atom. The van der Waals surface area contributed by atoms with Crippen LogP contribution in [0.25, 0.3) is 0 Å². The number of hydrogen-bond acceptors (Lipinski definition) is 1. The highest BCUT2D eigenvalue weighted by atomic mass is 35.5. The van der Waals surface area contributed by atoms with Crippen molar-refractivity contribution < 1.29 is 5.11 Å². The van der Waals surface area contributed by atoms with Gasteiger partial charge in [0.05, 0.1) is 6.10 Å². The van der Waals surface area contributed by atoms with Gasteiger partial charge >= 0.3 is 0 Å². The fourth-order valence-electron chi connectivity index (χ4n) is 2.36. The summed E-state index contributed by atoms with van der Waals surface area (Å²) < 4.78 is 0. The molecule has 1 saturated carbocycles. The Morgan fingerprint density at radius 1 is 1.50 bits per heavy atom. The minimum atomic E-state index is -0.107. The highest BCUT2D eigenvalue weighted by Gasteiger charge is 2.39. The number of halogens is 1. The molecule has 1 aromatic rings. The van der Waals surface area contributed by atoms with Crippen LogP contribution in [0.2, 0.25) is 5.02 Å². The van der Waals surface area contributed by atoms with Gasteiger partial charge in [-0.15, -0.1) is 0 Å². The Hall–Kier alpha value is -0.530. The molecule has 0 aromatic heterocycles. The molecular weight excluding hydrogens is 196 g/mol. The molecule has 0 heterocycles. The number of hydrogen-bond donors (Lipinski definition) is 1. The molecule has 0 amide bonds. The van der Waals surface area contributed by atoms with Gasteiger partial charge in [0.2, 0.25) is 0 Å². The molecule has 1 N–H and O–H groups in total. The van der Waals surface area contributed by atoms with Crippen molar-refractivity contribution in [2.45, 2.75) is 31.8 Å². The second-order valence-electron chi connectivity index (χ2n) is 4.04. The summed E-state index contributed by atoms with van der Waals surface area (Å²) in [7, 11) is 0. The first-order valence-electron chi connectivity index (χ1n) is 5.16. The predicted octanol–water partition coefficient (Wildman–Crippen LogP) is 3.21. The van der Waals surface area contributed by atoms with Crippen LogP contribution < -0.4 is 0 Å². The Balaban J connectivity index is 2.16. The van der Waals surface area contributed by atoms with E-state index in [0.29, 0.717) is 11.8 Å². The first-order chi connectivity index (χ1) is 6.72. The molecule has 1 nitrogen and oxygen atoms in total. The van der Waals surface area contributed by atoms with Gasteiger partial charge in [-0.25, -0.2) is 0 Å². The van der Waals surface area contributed by atoms with Crippen molar-refractivity contribution in [3.05, 3.63) is 34.9 Å². The number of benzene rings is 1. The van der Waals surface area contributed by atoms with Gasteiger partial charge in [0.1, 0.15) is 0 Å². The van der Waals surface area contributed by atoms with Crippen LogP contribution >= 0.6 is 11.6 Å². The van der Waals surface area contributed by atoms with Crippen LogP contribution in [-0.4, -0.2) is 11.2 Å². The Kier molecular flexibility index (Phi) is 2.80. The van der Waals surface area contributed by atoms with Crippen LogP contribution in [0.1, 0.15) is 31.2 Å². The standard InChI is InChI=1S/C12H15ClO/c1-2-10-11(7-12(10)14)8-4-3-5-9(13)6-8/h3-6,10-12,14H,2,7H2,1H3. The average Bonchev–Trinajstić information content (AvgIpc) is 2.14. The molecule has 0 saturated heterocycles. The molecule has 0 radical (unpaired) electrons. The van der Waals surface area contributed by atoms with Crippen molar-refractivity contribution >= 4 is 11.6 Å². The van der Waals surface area contributed by atoms with Crippen molar-refractivity contribution in [1.82, 2.24) is 0 Å². The summed E-state index contributed by atoms with van der Waals surface area (Å²) in [4.78, 5) is 0. The topological polar surface area (TPSA) is 20.2 Å². The fraction of sp³-hybridized carbons (Fsp3) is 0.500. The summed E-state index contributed by atoms with van der Waals surface area (Å²) in [6, 6.07) is 7.99. The van der Waals surface area contributed by atoms with Crippen LogP contribution in [-0.2, 0) is 0 Å². The smallest absolute Gasteiger partial charge is 0.0580 e. The molecule has 3 atom stereocenters. The maximum Gasteiger partial charge on any atom is 0.0580 e. The summed E-state index contributed by atoms with van der Waals surface area (Å²) in [6.45, 7) is 2.13. The molecule has 0 bridgehead atoms. The zero-order valence-electron chi connectivity index (χ0n) is 8.28. The second-order valence-corrected chi connectivity index (χ2v) is 4.47. The molecular formula is C12H15ClO. The van der Waals surface area contributed by atoms with Gasteiger partial charge in [-0.3, -0.25) is 0 Å². The maximum atomic E-state index is 9.58. The van der Waals surface area contributed by atoms with Gasteiger partial charge in [-0.2, -0.15) is 0 Å². The van der Waals surface area contributed by atoms with E-state index in [1.807, 2.05) is 18.2 Å². The van der Waals surface area contributed by atoms with E-state index in [4.69, 9.17) is 11.6 Å². The van der Waals surface area contributed by atoms with Crippen molar-refractivity contribution in [2.75, 3.05) is 0 Å². The van der Waals surface area contributed by atoms with E-state index >= 15 is 0 Å². The maximum absolute atomic E-state index is 9.58. The molecule has 14 heavy (non-hydrogen) atoms. The highest BCUT2D eigenvalue weighted by Crippen LogP contribution is 2.44. The Bertz CT molecular complexity index is 324. The van der Waals surface area contributed by atoms with Crippen LogP contribution in [0.3, 0.4) is 0 Å². The first-order valence-corrected chi connectivity index (χ1v) is 5.53. The van der Waals surface area contributed by atoms with E-state index < -0.39 is 0 Å². The van der Waals surface area contributed by atoms with E-state index in [2.05, 4.69) is 13.0 Å². The van der Waals surface area contributed by atoms with Gasteiger partial charge in [0.15, 0.2) is 0 Å². The largest absolute Gasteiger partial charge is 0.393 e. The monoisotopic (exact) mass is 210 g/mol. The highest BCUT2D eigenvalue weighted by molar-refractivity contribution is 6.30. The van der Waals surface area contributed by atoms with Gasteiger partial charge in [-0.1, -0.05) is 37.1 Å². The molecule has 3 unspecified atom stereocenters. The SMILES string of the molecule is CCC1C(O)CC1c1cccc(Cl)c1. The average molecular weight is 211 g/mol. The van der Waals surface area contributed by atoms with E-state index in [9.17, 15) is 5.11 Å². The predicted molar refractivity (Wildman–Crippen MR) is 58.6 cm³/mol. The minimum Gasteiger partial charge on any atom is -0.393 e.